The molecule has 0 unspecified atom stereocenters. The molecule has 7 nitrogen and oxygen atoms in total. The Morgan fingerprint density at radius 1 is 1.27 bits per heavy atom. The Hall–Kier alpha value is -1.93. The summed E-state index contributed by atoms with van der Waals surface area (Å²) in [4.78, 5) is 22.5. The molecular formula is C14H19NO6S. The molecule has 0 aliphatic carbocycles. The summed E-state index contributed by atoms with van der Waals surface area (Å²) in [6, 6.07) is 2.64. The van der Waals surface area contributed by atoms with E-state index >= 15 is 0 Å². The number of rotatable bonds is 6. The fraction of sp³-hybridized carbons (Fsp3) is 0.429. The van der Waals surface area contributed by atoms with Crippen molar-refractivity contribution in [2.75, 3.05) is 7.11 Å². The van der Waals surface area contributed by atoms with E-state index in [0.29, 0.717) is 5.56 Å². The van der Waals surface area contributed by atoms with Gasteiger partial charge in [-0.2, -0.15) is 4.72 Å². The average molecular weight is 329 g/mol. The van der Waals surface area contributed by atoms with Crippen LogP contribution in [0.1, 0.15) is 29.8 Å². The highest BCUT2D eigenvalue weighted by atomic mass is 32.2. The van der Waals surface area contributed by atoms with Gasteiger partial charge in [0.25, 0.3) is 0 Å². The maximum absolute atomic E-state index is 12.3. The zero-order valence-corrected chi connectivity index (χ0v) is 13.6. The summed E-state index contributed by atoms with van der Waals surface area (Å²) in [7, 11) is -2.77. The summed E-state index contributed by atoms with van der Waals surface area (Å²) in [6.45, 7) is 4.78. The minimum atomic E-state index is -4.00. The second-order valence-electron chi connectivity index (χ2n) is 5.15. The van der Waals surface area contributed by atoms with Crippen molar-refractivity contribution in [2.24, 2.45) is 5.92 Å². The number of sulfonamides is 1. The molecule has 0 spiro atoms. The largest absolute Gasteiger partial charge is 0.480 e. The molecule has 0 radical (unpaired) electrons. The molecule has 0 saturated carbocycles. The molecule has 8 heteroatoms. The predicted molar refractivity (Wildman–Crippen MR) is 79.1 cm³/mol. The third kappa shape index (κ3) is 4.05. The van der Waals surface area contributed by atoms with E-state index < -0.39 is 33.9 Å². The van der Waals surface area contributed by atoms with Crippen LogP contribution in [-0.4, -0.2) is 38.6 Å². The van der Waals surface area contributed by atoms with Gasteiger partial charge in [-0.3, -0.25) is 4.79 Å². The molecule has 0 aromatic heterocycles. The lowest BCUT2D eigenvalue weighted by atomic mass is 10.1. The molecule has 1 aromatic rings. The van der Waals surface area contributed by atoms with Crippen molar-refractivity contribution in [3.8, 4) is 0 Å². The second kappa shape index (κ2) is 6.89. The van der Waals surface area contributed by atoms with Crippen molar-refractivity contribution in [3.05, 3.63) is 29.3 Å². The number of carbonyl (C=O) groups excluding carboxylic acids is 1. The molecule has 122 valence electrons. The van der Waals surface area contributed by atoms with Crippen molar-refractivity contribution in [1.29, 1.82) is 0 Å². The van der Waals surface area contributed by atoms with Crippen LogP contribution in [0.4, 0.5) is 0 Å². The smallest absolute Gasteiger partial charge is 0.338 e. The summed E-state index contributed by atoms with van der Waals surface area (Å²) in [5.74, 6) is -2.23. The summed E-state index contributed by atoms with van der Waals surface area (Å²) >= 11 is 0. The monoisotopic (exact) mass is 329 g/mol. The molecule has 2 N–H and O–H groups in total. The zero-order chi connectivity index (χ0) is 17.1. The van der Waals surface area contributed by atoms with Crippen LogP contribution < -0.4 is 4.72 Å². The number of esters is 1. The lowest BCUT2D eigenvalue weighted by Gasteiger charge is -2.18. The molecule has 0 aliphatic heterocycles. The highest BCUT2D eigenvalue weighted by molar-refractivity contribution is 7.89. The summed E-state index contributed by atoms with van der Waals surface area (Å²) in [6.07, 6.45) is 0. The number of hydrogen-bond donors (Lipinski definition) is 2. The van der Waals surface area contributed by atoms with Gasteiger partial charge in [-0.25, -0.2) is 13.2 Å². The molecule has 1 atom stereocenters. The lowest BCUT2D eigenvalue weighted by molar-refractivity contribution is -0.140. The lowest BCUT2D eigenvalue weighted by Crippen LogP contribution is -2.44. The standard InChI is InChI=1S/C14H19NO6S/c1-8(2)12(13(16)17)15-22(19,20)10-5-6-11(9(3)7-10)14(18)21-4/h5-8,12,15H,1-4H3,(H,16,17)/t12-/m0/s1. The number of carboxylic acid groups (broad SMARTS) is 1. The molecule has 1 rings (SSSR count). The molecule has 0 fully saturated rings. The van der Waals surface area contributed by atoms with Gasteiger partial charge in [-0.05, 0) is 36.6 Å². The van der Waals surface area contributed by atoms with Crippen LogP contribution in [0.25, 0.3) is 0 Å². The fourth-order valence-corrected chi connectivity index (χ4v) is 3.27. The Labute approximate surface area is 129 Å². The van der Waals surface area contributed by atoms with Crippen molar-refractivity contribution in [3.63, 3.8) is 0 Å². The minimum absolute atomic E-state index is 0.107. The summed E-state index contributed by atoms with van der Waals surface area (Å²) in [5.41, 5.74) is 0.672. The Kier molecular flexibility index (Phi) is 5.67. The second-order valence-corrected chi connectivity index (χ2v) is 6.86. The van der Waals surface area contributed by atoms with Crippen LogP contribution in [0.15, 0.2) is 23.1 Å². The van der Waals surface area contributed by atoms with Gasteiger partial charge in [0, 0.05) is 0 Å². The van der Waals surface area contributed by atoms with Gasteiger partial charge in [0.1, 0.15) is 6.04 Å². The fourth-order valence-electron chi connectivity index (χ4n) is 1.85. The molecular weight excluding hydrogens is 310 g/mol. The van der Waals surface area contributed by atoms with Crippen molar-refractivity contribution >= 4 is 22.0 Å². The van der Waals surface area contributed by atoms with Crippen LogP contribution in [-0.2, 0) is 19.6 Å². The molecule has 0 saturated heterocycles. The number of carboxylic acids is 1. The summed E-state index contributed by atoms with van der Waals surface area (Å²) in [5, 5.41) is 9.07. The quantitative estimate of drug-likeness (QED) is 0.758. The Morgan fingerprint density at radius 2 is 1.86 bits per heavy atom. The van der Waals surface area contributed by atoms with Crippen LogP contribution >= 0.6 is 0 Å². The van der Waals surface area contributed by atoms with Gasteiger partial charge in [0.05, 0.1) is 17.6 Å². The van der Waals surface area contributed by atoms with E-state index in [0.717, 1.165) is 0 Å². The Balaban J connectivity index is 3.16. The summed E-state index contributed by atoms with van der Waals surface area (Å²) < 4.78 is 31.3. The van der Waals surface area contributed by atoms with Gasteiger partial charge in [0.15, 0.2) is 0 Å². The van der Waals surface area contributed by atoms with Gasteiger partial charge in [-0.15, -0.1) is 0 Å². The predicted octanol–water partition coefficient (Wildman–Crippen LogP) is 1.17. The molecule has 0 heterocycles. The Bertz CT molecular complexity index is 681. The van der Waals surface area contributed by atoms with Crippen molar-refractivity contribution in [1.82, 2.24) is 4.72 Å². The molecule has 1 aromatic carbocycles. The number of hydrogen-bond acceptors (Lipinski definition) is 5. The SMILES string of the molecule is COC(=O)c1ccc(S(=O)(=O)N[C@H](C(=O)O)C(C)C)cc1C. The van der Waals surface area contributed by atoms with Crippen LogP contribution in [0.5, 0.6) is 0 Å². The number of carbonyl (C=O) groups is 2. The number of aliphatic carboxylic acids is 1. The number of methoxy groups -OCH3 is 1. The number of aryl methyl sites for hydroxylation is 1. The van der Waals surface area contributed by atoms with Crippen LogP contribution in [0.3, 0.4) is 0 Å². The van der Waals surface area contributed by atoms with E-state index in [-0.39, 0.29) is 10.5 Å². The number of nitrogens with one attached hydrogen (secondary N) is 1. The first-order valence-corrected chi connectivity index (χ1v) is 8.02. The molecule has 0 amide bonds. The Morgan fingerprint density at radius 3 is 2.27 bits per heavy atom. The van der Waals surface area contributed by atoms with Gasteiger partial charge in [-0.1, -0.05) is 13.8 Å². The van der Waals surface area contributed by atoms with E-state index in [2.05, 4.69) is 9.46 Å². The van der Waals surface area contributed by atoms with E-state index in [4.69, 9.17) is 5.11 Å². The molecule has 22 heavy (non-hydrogen) atoms. The van der Waals surface area contributed by atoms with Crippen LogP contribution in [0, 0.1) is 12.8 Å². The van der Waals surface area contributed by atoms with E-state index in [9.17, 15) is 18.0 Å². The number of benzene rings is 1. The van der Waals surface area contributed by atoms with Crippen molar-refractivity contribution in [2.45, 2.75) is 31.7 Å². The van der Waals surface area contributed by atoms with Gasteiger partial charge >= 0.3 is 11.9 Å². The van der Waals surface area contributed by atoms with E-state index in [1.165, 1.54) is 25.3 Å². The first-order valence-electron chi connectivity index (χ1n) is 6.54. The first-order chi connectivity index (χ1) is 10.1. The number of ether oxygens (including phenoxy) is 1. The topological polar surface area (TPSA) is 110 Å². The molecule has 0 aliphatic rings. The highest BCUT2D eigenvalue weighted by Crippen LogP contribution is 2.17. The van der Waals surface area contributed by atoms with Gasteiger partial charge in [0.2, 0.25) is 10.0 Å². The third-order valence-electron chi connectivity index (χ3n) is 3.13. The van der Waals surface area contributed by atoms with Gasteiger partial charge < -0.3 is 9.84 Å². The third-order valence-corrected chi connectivity index (χ3v) is 4.57. The minimum Gasteiger partial charge on any atom is -0.480 e. The zero-order valence-electron chi connectivity index (χ0n) is 12.8. The van der Waals surface area contributed by atoms with Crippen LogP contribution in [0.2, 0.25) is 0 Å². The van der Waals surface area contributed by atoms with E-state index in [1.54, 1.807) is 20.8 Å². The maximum Gasteiger partial charge on any atom is 0.338 e. The first kappa shape index (κ1) is 18.1. The highest BCUT2D eigenvalue weighted by Gasteiger charge is 2.28. The van der Waals surface area contributed by atoms with Crippen molar-refractivity contribution < 1.29 is 27.9 Å². The normalized spacial score (nSPS) is 13.0. The van der Waals surface area contributed by atoms with E-state index in [1.807, 2.05) is 0 Å². The molecule has 0 bridgehead atoms. The maximum atomic E-state index is 12.3. The average Bonchev–Trinajstić information content (AvgIpc) is 2.43.